The zero-order chi connectivity index (χ0) is 16.4. The van der Waals surface area contributed by atoms with Crippen molar-refractivity contribution in [3.05, 3.63) is 47.4 Å². The highest BCUT2D eigenvalue weighted by atomic mass is 32.2. The zero-order valence-corrected chi connectivity index (χ0v) is 14.2. The van der Waals surface area contributed by atoms with Crippen molar-refractivity contribution in [3.63, 3.8) is 0 Å². The Labute approximate surface area is 141 Å². The van der Waals surface area contributed by atoms with Gasteiger partial charge in [-0.15, -0.1) is 11.3 Å². The number of fused-ring (bicyclic) bond motifs is 1. The number of carbonyl (C=O) groups excluding carboxylic acids is 1. The SMILES string of the molecule is Cc1ccc(NC(=O)[C@@H](C)Sc2ncnc3ccsc23)cc1F. The van der Waals surface area contributed by atoms with Crippen molar-refractivity contribution in [1.29, 1.82) is 0 Å². The molecule has 118 valence electrons. The minimum atomic E-state index is -0.362. The first kappa shape index (κ1) is 15.9. The Bertz CT molecular complexity index is 865. The van der Waals surface area contributed by atoms with E-state index >= 15 is 0 Å². The van der Waals surface area contributed by atoms with E-state index in [1.54, 1.807) is 37.3 Å². The van der Waals surface area contributed by atoms with Crippen molar-refractivity contribution in [2.24, 2.45) is 0 Å². The molecule has 0 unspecified atom stereocenters. The summed E-state index contributed by atoms with van der Waals surface area (Å²) in [6, 6.07) is 6.58. The van der Waals surface area contributed by atoms with E-state index in [1.165, 1.54) is 24.2 Å². The minimum Gasteiger partial charge on any atom is -0.325 e. The number of halogens is 1. The van der Waals surface area contributed by atoms with Crippen LogP contribution in [0.15, 0.2) is 41.0 Å². The molecule has 0 saturated heterocycles. The van der Waals surface area contributed by atoms with Gasteiger partial charge in [-0.25, -0.2) is 14.4 Å². The van der Waals surface area contributed by atoms with Gasteiger partial charge in [-0.05, 0) is 43.0 Å². The molecule has 3 aromatic rings. The number of benzene rings is 1. The van der Waals surface area contributed by atoms with Crippen molar-refractivity contribution in [1.82, 2.24) is 9.97 Å². The Morgan fingerprint density at radius 2 is 2.17 bits per heavy atom. The van der Waals surface area contributed by atoms with E-state index in [0.717, 1.165) is 15.2 Å². The van der Waals surface area contributed by atoms with Gasteiger partial charge < -0.3 is 5.32 Å². The maximum absolute atomic E-state index is 13.5. The van der Waals surface area contributed by atoms with Gasteiger partial charge in [0.15, 0.2) is 0 Å². The third-order valence-electron chi connectivity index (χ3n) is 3.31. The molecule has 4 nitrogen and oxygen atoms in total. The molecule has 0 bridgehead atoms. The number of thiophene rings is 1. The van der Waals surface area contributed by atoms with E-state index in [2.05, 4.69) is 15.3 Å². The molecule has 0 fully saturated rings. The van der Waals surface area contributed by atoms with Gasteiger partial charge in [-0.2, -0.15) is 0 Å². The van der Waals surface area contributed by atoms with E-state index in [9.17, 15) is 9.18 Å². The predicted molar refractivity (Wildman–Crippen MR) is 92.5 cm³/mol. The summed E-state index contributed by atoms with van der Waals surface area (Å²) in [5.74, 6) is -0.527. The standard InChI is InChI=1S/C16H14FN3OS2/c1-9-3-4-11(7-12(9)17)20-15(21)10(2)23-16-14-13(5-6-22-14)18-8-19-16/h3-8,10H,1-2H3,(H,20,21)/t10-/m1/s1. The highest BCUT2D eigenvalue weighted by Gasteiger charge is 2.18. The van der Waals surface area contributed by atoms with Crippen LogP contribution in [0.2, 0.25) is 0 Å². The average molecular weight is 347 g/mol. The van der Waals surface area contributed by atoms with Crippen LogP contribution in [0.5, 0.6) is 0 Å². The van der Waals surface area contributed by atoms with Gasteiger partial charge in [0.2, 0.25) is 5.91 Å². The number of thioether (sulfide) groups is 1. The molecule has 1 atom stereocenters. The van der Waals surface area contributed by atoms with Crippen LogP contribution in [0.3, 0.4) is 0 Å². The first-order valence-electron chi connectivity index (χ1n) is 6.96. The molecule has 0 spiro atoms. The molecule has 0 saturated carbocycles. The fraction of sp³-hybridized carbons (Fsp3) is 0.188. The quantitative estimate of drug-likeness (QED) is 0.566. The summed E-state index contributed by atoms with van der Waals surface area (Å²) >= 11 is 2.91. The van der Waals surface area contributed by atoms with E-state index in [1.807, 2.05) is 11.4 Å². The maximum atomic E-state index is 13.5. The lowest BCUT2D eigenvalue weighted by Crippen LogP contribution is -2.22. The van der Waals surface area contributed by atoms with Crippen molar-refractivity contribution in [2.45, 2.75) is 24.1 Å². The highest BCUT2D eigenvalue weighted by molar-refractivity contribution is 8.00. The molecule has 2 aromatic heterocycles. The number of hydrogen-bond acceptors (Lipinski definition) is 5. The van der Waals surface area contributed by atoms with Gasteiger partial charge in [0.05, 0.1) is 15.5 Å². The second kappa shape index (κ2) is 6.64. The van der Waals surface area contributed by atoms with Crippen LogP contribution in [0.4, 0.5) is 10.1 Å². The number of hydrogen-bond donors (Lipinski definition) is 1. The summed E-state index contributed by atoms with van der Waals surface area (Å²) in [6.07, 6.45) is 1.50. The van der Waals surface area contributed by atoms with Gasteiger partial charge >= 0.3 is 0 Å². The molecule has 0 aliphatic heterocycles. The molecule has 1 N–H and O–H groups in total. The van der Waals surface area contributed by atoms with Gasteiger partial charge in [-0.3, -0.25) is 4.79 Å². The third-order valence-corrected chi connectivity index (χ3v) is 5.45. The summed E-state index contributed by atoms with van der Waals surface area (Å²) in [6.45, 7) is 3.48. The van der Waals surface area contributed by atoms with Crippen molar-refractivity contribution in [3.8, 4) is 0 Å². The molecule has 0 aliphatic carbocycles. The van der Waals surface area contributed by atoms with Crippen molar-refractivity contribution >= 4 is 44.9 Å². The topological polar surface area (TPSA) is 54.9 Å². The largest absolute Gasteiger partial charge is 0.325 e. The Kier molecular flexibility index (Phi) is 4.58. The second-order valence-electron chi connectivity index (χ2n) is 5.03. The van der Waals surface area contributed by atoms with Crippen LogP contribution in [-0.2, 0) is 4.79 Å². The zero-order valence-electron chi connectivity index (χ0n) is 12.5. The molecule has 23 heavy (non-hydrogen) atoms. The van der Waals surface area contributed by atoms with Crippen LogP contribution in [-0.4, -0.2) is 21.1 Å². The fourth-order valence-electron chi connectivity index (χ4n) is 1.99. The molecular formula is C16H14FN3OS2. The summed E-state index contributed by atoms with van der Waals surface area (Å²) in [5, 5.41) is 5.10. The average Bonchev–Trinajstić information content (AvgIpc) is 3.00. The molecule has 7 heteroatoms. The molecule has 0 radical (unpaired) electrons. The van der Waals surface area contributed by atoms with Gasteiger partial charge in [0.1, 0.15) is 17.2 Å². The van der Waals surface area contributed by atoms with Gasteiger partial charge in [0, 0.05) is 5.69 Å². The number of nitrogens with one attached hydrogen (secondary N) is 1. The molecular weight excluding hydrogens is 333 g/mol. The summed E-state index contributed by atoms with van der Waals surface area (Å²) in [5.41, 5.74) is 1.88. The van der Waals surface area contributed by atoms with E-state index < -0.39 is 0 Å². The molecule has 1 aromatic carbocycles. The van der Waals surface area contributed by atoms with Crippen LogP contribution >= 0.6 is 23.1 Å². The Morgan fingerprint density at radius 1 is 1.35 bits per heavy atom. The second-order valence-corrected chi connectivity index (χ2v) is 7.27. The van der Waals surface area contributed by atoms with Crippen LogP contribution in [0.25, 0.3) is 10.2 Å². The summed E-state index contributed by atoms with van der Waals surface area (Å²) in [4.78, 5) is 20.7. The predicted octanol–water partition coefficient (Wildman–Crippen LogP) is 4.26. The van der Waals surface area contributed by atoms with Crippen molar-refractivity contribution < 1.29 is 9.18 Å². The smallest absolute Gasteiger partial charge is 0.237 e. The minimum absolute atomic E-state index is 0.193. The van der Waals surface area contributed by atoms with Crippen LogP contribution in [0.1, 0.15) is 12.5 Å². The molecule has 3 rings (SSSR count). The van der Waals surface area contributed by atoms with Gasteiger partial charge in [0.25, 0.3) is 0 Å². The Hall–Kier alpha value is -1.99. The Morgan fingerprint density at radius 3 is 2.96 bits per heavy atom. The monoisotopic (exact) mass is 347 g/mol. The number of amides is 1. The number of aryl methyl sites for hydroxylation is 1. The first-order valence-corrected chi connectivity index (χ1v) is 8.72. The van der Waals surface area contributed by atoms with E-state index in [4.69, 9.17) is 0 Å². The number of anilines is 1. The van der Waals surface area contributed by atoms with Crippen LogP contribution in [0, 0.1) is 12.7 Å². The maximum Gasteiger partial charge on any atom is 0.237 e. The third kappa shape index (κ3) is 3.51. The lowest BCUT2D eigenvalue weighted by molar-refractivity contribution is -0.115. The molecule has 0 aliphatic rings. The number of carbonyl (C=O) groups is 1. The Balaban J connectivity index is 1.72. The summed E-state index contributed by atoms with van der Waals surface area (Å²) < 4.78 is 14.5. The first-order chi connectivity index (χ1) is 11.0. The number of aromatic nitrogens is 2. The van der Waals surface area contributed by atoms with Gasteiger partial charge in [-0.1, -0.05) is 17.8 Å². The van der Waals surface area contributed by atoms with Crippen molar-refractivity contribution in [2.75, 3.05) is 5.32 Å². The van der Waals surface area contributed by atoms with E-state index in [0.29, 0.717) is 11.3 Å². The molecule has 2 heterocycles. The lowest BCUT2D eigenvalue weighted by Gasteiger charge is -2.12. The van der Waals surface area contributed by atoms with Crippen LogP contribution < -0.4 is 5.32 Å². The fourth-order valence-corrected chi connectivity index (χ4v) is 3.82. The normalized spacial score (nSPS) is 12.3. The summed E-state index contributed by atoms with van der Waals surface area (Å²) in [7, 11) is 0. The van der Waals surface area contributed by atoms with E-state index in [-0.39, 0.29) is 17.0 Å². The number of rotatable bonds is 4. The number of nitrogens with zero attached hydrogens (tertiary/aromatic N) is 2. The highest BCUT2D eigenvalue weighted by Crippen LogP contribution is 2.31. The lowest BCUT2D eigenvalue weighted by atomic mass is 10.2. The molecule has 1 amide bonds.